The molecule has 98 valence electrons. The Morgan fingerprint density at radius 3 is 1.76 bits per heavy atom. The van der Waals surface area contributed by atoms with Gasteiger partial charge in [0, 0.05) is 0 Å². The van der Waals surface area contributed by atoms with Crippen molar-refractivity contribution in [2.45, 2.75) is 32.3 Å². The van der Waals surface area contributed by atoms with E-state index in [-0.39, 0.29) is 6.61 Å². The number of aliphatic hydroxyl groups is 2. The van der Waals surface area contributed by atoms with Crippen molar-refractivity contribution in [1.82, 2.24) is 0 Å². The molecule has 0 radical (unpaired) electrons. The standard InChI is InChI=1S/C8H14O2.C2H2O5/c1-3-8(10,4-2)6-5-7-9;3-1(4)7-2(5)6/h9-10H,3-4,7H2,1-2H3;(H,3,4)(H,5,6). The fourth-order valence-electron chi connectivity index (χ4n) is 0.706. The lowest BCUT2D eigenvalue weighted by Crippen LogP contribution is -2.23. The van der Waals surface area contributed by atoms with Crippen molar-refractivity contribution in [1.29, 1.82) is 0 Å². The van der Waals surface area contributed by atoms with Gasteiger partial charge >= 0.3 is 12.3 Å². The molecule has 0 aliphatic rings. The second-order valence-corrected chi connectivity index (χ2v) is 2.83. The van der Waals surface area contributed by atoms with Crippen molar-refractivity contribution in [3.05, 3.63) is 0 Å². The van der Waals surface area contributed by atoms with Crippen LogP contribution < -0.4 is 0 Å². The molecule has 0 aromatic rings. The van der Waals surface area contributed by atoms with Gasteiger partial charge in [-0.05, 0) is 12.8 Å². The van der Waals surface area contributed by atoms with Crippen LogP contribution in [0.15, 0.2) is 0 Å². The average Bonchev–Trinajstić information content (AvgIpc) is 2.25. The highest BCUT2D eigenvalue weighted by Gasteiger charge is 2.17. The van der Waals surface area contributed by atoms with Gasteiger partial charge in [0.05, 0.1) is 0 Å². The Kier molecular flexibility index (Phi) is 9.79. The van der Waals surface area contributed by atoms with E-state index in [1.54, 1.807) is 0 Å². The Morgan fingerprint density at radius 2 is 1.59 bits per heavy atom. The Morgan fingerprint density at radius 1 is 1.18 bits per heavy atom. The topological polar surface area (TPSA) is 124 Å². The van der Waals surface area contributed by atoms with Crippen LogP contribution in [-0.2, 0) is 4.74 Å². The lowest BCUT2D eigenvalue weighted by Gasteiger charge is -2.16. The first-order chi connectivity index (χ1) is 7.81. The molecule has 0 saturated carbocycles. The summed E-state index contributed by atoms with van der Waals surface area (Å²) in [6, 6.07) is 0. The summed E-state index contributed by atoms with van der Waals surface area (Å²) in [4.78, 5) is 18.4. The van der Waals surface area contributed by atoms with Crippen molar-refractivity contribution in [2.75, 3.05) is 6.61 Å². The average molecular weight is 248 g/mol. The van der Waals surface area contributed by atoms with Crippen molar-refractivity contribution < 1.29 is 34.8 Å². The summed E-state index contributed by atoms with van der Waals surface area (Å²) in [6.07, 6.45) is -2.41. The van der Waals surface area contributed by atoms with Gasteiger partial charge in [-0.15, -0.1) is 0 Å². The predicted molar refractivity (Wildman–Crippen MR) is 57.5 cm³/mol. The highest BCUT2D eigenvalue weighted by Crippen LogP contribution is 2.11. The van der Waals surface area contributed by atoms with E-state index in [2.05, 4.69) is 16.6 Å². The van der Waals surface area contributed by atoms with E-state index in [1.165, 1.54) is 0 Å². The summed E-state index contributed by atoms with van der Waals surface area (Å²) in [5.41, 5.74) is -0.886. The predicted octanol–water partition coefficient (Wildman–Crippen LogP) is 0.892. The van der Waals surface area contributed by atoms with Crippen molar-refractivity contribution in [2.24, 2.45) is 0 Å². The van der Waals surface area contributed by atoms with Gasteiger partial charge in [0.25, 0.3) is 0 Å². The lowest BCUT2D eigenvalue weighted by molar-refractivity contribution is 0.0801. The summed E-state index contributed by atoms with van der Waals surface area (Å²) >= 11 is 0. The number of carboxylic acid groups (broad SMARTS) is 2. The Bertz CT molecular complexity index is 284. The molecule has 0 heterocycles. The molecule has 0 amide bonds. The number of ether oxygens (including phenoxy) is 1. The van der Waals surface area contributed by atoms with Gasteiger partial charge in [-0.3, -0.25) is 0 Å². The summed E-state index contributed by atoms with van der Waals surface area (Å²) in [6.45, 7) is 3.56. The van der Waals surface area contributed by atoms with Crippen LogP contribution in [0.1, 0.15) is 26.7 Å². The van der Waals surface area contributed by atoms with Gasteiger partial charge < -0.3 is 25.2 Å². The number of hydrogen-bond acceptors (Lipinski definition) is 5. The van der Waals surface area contributed by atoms with Gasteiger partial charge in [-0.1, -0.05) is 25.7 Å². The maximum atomic E-state index is 9.48. The van der Waals surface area contributed by atoms with Gasteiger partial charge in [0.1, 0.15) is 12.2 Å². The van der Waals surface area contributed by atoms with Crippen molar-refractivity contribution in [3.8, 4) is 11.8 Å². The molecule has 0 saturated heterocycles. The highest BCUT2D eigenvalue weighted by atomic mass is 16.7. The fourth-order valence-corrected chi connectivity index (χ4v) is 0.706. The second kappa shape index (κ2) is 9.45. The molecule has 0 atom stereocenters. The Labute approximate surface area is 98.6 Å². The molecule has 17 heavy (non-hydrogen) atoms. The minimum absolute atomic E-state index is 0.178. The Balaban J connectivity index is 0. The first-order valence-corrected chi connectivity index (χ1v) is 4.78. The van der Waals surface area contributed by atoms with E-state index < -0.39 is 17.9 Å². The van der Waals surface area contributed by atoms with Crippen LogP contribution >= 0.6 is 0 Å². The molecule has 0 fully saturated rings. The summed E-state index contributed by atoms with van der Waals surface area (Å²) in [7, 11) is 0. The third-order valence-corrected chi connectivity index (χ3v) is 1.74. The van der Waals surface area contributed by atoms with Crippen LogP contribution in [-0.4, -0.2) is 44.9 Å². The minimum Gasteiger partial charge on any atom is -0.449 e. The number of rotatable bonds is 2. The smallest absolute Gasteiger partial charge is 0.449 e. The summed E-state index contributed by atoms with van der Waals surface area (Å²) in [5, 5.41) is 32.8. The highest BCUT2D eigenvalue weighted by molar-refractivity contribution is 5.74. The third-order valence-electron chi connectivity index (χ3n) is 1.74. The molecule has 0 rings (SSSR count). The van der Waals surface area contributed by atoms with E-state index in [9.17, 15) is 14.7 Å². The van der Waals surface area contributed by atoms with Crippen molar-refractivity contribution in [3.63, 3.8) is 0 Å². The van der Waals surface area contributed by atoms with Gasteiger partial charge in [-0.25, -0.2) is 9.59 Å². The molecule has 0 bridgehead atoms. The normalized spacial score (nSPS) is 9.18. The zero-order valence-electron chi connectivity index (χ0n) is 9.63. The molecule has 0 aliphatic carbocycles. The molecule has 0 aliphatic heterocycles. The molecular weight excluding hydrogens is 232 g/mol. The molecule has 7 heteroatoms. The lowest BCUT2D eigenvalue weighted by atomic mass is 9.99. The first-order valence-electron chi connectivity index (χ1n) is 4.78. The van der Waals surface area contributed by atoms with Crippen LogP contribution in [0.2, 0.25) is 0 Å². The third kappa shape index (κ3) is 12.2. The van der Waals surface area contributed by atoms with Gasteiger partial charge in [0.2, 0.25) is 0 Å². The zero-order valence-corrected chi connectivity index (χ0v) is 9.63. The van der Waals surface area contributed by atoms with E-state index >= 15 is 0 Å². The van der Waals surface area contributed by atoms with Crippen LogP contribution in [0.3, 0.4) is 0 Å². The molecule has 0 unspecified atom stereocenters. The van der Waals surface area contributed by atoms with Crippen LogP contribution in [0, 0.1) is 11.8 Å². The number of aliphatic hydroxyl groups excluding tert-OH is 1. The maximum absolute atomic E-state index is 9.48. The number of carbonyl (C=O) groups is 2. The zero-order chi connectivity index (χ0) is 13.9. The van der Waals surface area contributed by atoms with Crippen LogP contribution in [0.25, 0.3) is 0 Å². The largest absolute Gasteiger partial charge is 0.516 e. The first kappa shape index (κ1) is 17.6. The quantitative estimate of drug-likeness (QED) is 0.325. The summed E-state index contributed by atoms with van der Waals surface area (Å²) < 4.78 is 3.08. The van der Waals surface area contributed by atoms with E-state index in [4.69, 9.17) is 15.3 Å². The van der Waals surface area contributed by atoms with E-state index in [0.29, 0.717) is 12.8 Å². The second-order valence-electron chi connectivity index (χ2n) is 2.83. The molecule has 7 nitrogen and oxygen atoms in total. The molecule has 0 aromatic carbocycles. The molecule has 0 spiro atoms. The van der Waals surface area contributed by atoms with Crippen molar-refractivity contribution >= 4 is 12.3 Å². The molecule has 4 N–H and O–H groups in total. The van der Waals surface area contributed by atoms with Gasteiger partial charge in [-0.2, -0.15) is 0 Å². The number of hydrogen-bond donors (Lipinski definition) is 4. The molecule has 0 aromatic heterocycles. The monoisotopic (exact) mass is 248 g/mol. The van der Waals surface area contributed by atoms with E-state index in [1.807, 2.05) is 13.8 Å². The Hall–Kier alpha value is -1.78. The van der Waals surface area contributed by atoms with Gasteiger partial charge in [0.15, 0.2) is 0 Å². The maximum Gasteiger partial charge on any atom is 0.516 e. The van der Waals surface area contributed by atoms with Crippen LogP contribution in [0.5, 0.6) is 0 Å². The van der Waals surface area contributed by atoms with E-state index in [0.717, 1.165) is 0 Å². The minimum atomic E-state index is -1.81. The summed E-state index contributed by atoms with van der Waals surface area (Å²) in [5.74, 6) is 5.05. The fraction of sp³-hybridized carbons (Fsp3) is 0.600. The molecular formula is C10H16O7. The van der Waals surface area contributed by atoms with Crippen LogP contribution in [0.4, 0.5) is 9.59 Å². The SMILES string of the molecule is CCC(O)(C#CCO)CC.O=C(O)OC(=O)O.